The minimum Gasteiger partial charge on any atom is -0.441 e. The molecule has 0 radical (unpaired) electrons. The summed E-state index contributed by atoms with van der Waals surface area (Å²) in [6, 6.07) is 14.0. The highest BCUT2D eigenvalue weighted by Gasteiger charge is 2.26. The van der Waals surface area contributed by atoms with E-state index in [9.17, 15) is 9.18 Å². The number of rotatable bonds is 6. The number of oxazole rings is 1. The van der Waals surface area contributed by atoms with Gasteiger partial charge in [-0.1, -0.05) is 35.9 Å². The molecule has 1 N–H and O–H groups in total. The van der Waals surface area contributed by atoms with Crippen molar-refractivity contribution in [3.8, 4) is 11.5 Å². The summed E-state index contributed by atoms with van der Waals surface area (Å²) in [6.45, 7) is 4.60. The normalized spacial score (nSPS) is 15.2. The molecule has 162 valence electrons. The quantitative estimate of drug-likeness (QED) is 0.586. The molecule has 0 unspecified atom stereocenters. The van der Waals surface area contributed by atoms with Crippen LogP contribution in [0.4, 0.5) is 4.39 Å². The van der Waals surface area contributed by atoms with Crippen molar-refractivity contribution in [3.63, 3.8) is 0 Å². The summed E-state index contributed by atoms with van der Waals surface area (Å²) in [5.41, 5.74) is 2.21. The van der Waals surface area contributed by atoms with E-state index in [4.69, 9.17) is 16.0 Å². The van der Waals surface area contributed by atoms with Gasteiger partial charge in [0, 0.05) is 24.0 Å². The Bertz CT molecular complexity index is 1040. The van der Waals surface area contributed by atoms with Crippen LogP contribution in [0.3, 0.4) is 0 Å². The van der Waals surface area contributed by atoms with Gasteiger partial charge in [0.1, 0.15) is 11.6 Å². The van der Waals surface area contributed by atoms with Crippen molar-refractivity contribution in [2.24, 2.45) is 5.92 Å². The first kappa shape index (κ1) is 21.5. The van der Waals surface area contributed by atoms with Gasteiger partial charge in [0.2, 0.25) is 11.8 Å². The van der Waals surface area contributed by atoms with Gasteiger partial charge in [-0.25, -0.2) is 9.37 Å². The number of nitrogens with zero attached hydrogens (tertiary/aromatic N) is 2. The molecule has 1 aliphatic heterocycles. The van der Waals surface area contributed by atoms with Crippen LogP contribution in [0.25, 0.3) is 11.5 Å². The molecule has 0 atom stereocenters. The topological polar surface area (TPSA) is 58.4 Å². The molecule has 3 aromatic rings. The van der Waals surface area contributed by atoms with Crippen molar-refractivity contribution in [2.75, 3.05) is 13.1 Å². The number of aromatic nitrogens is 1. The number of carbonyl (C=O) groups excluding carboxylic acids is 1. The van der Waals surface area contributed by atoms with Gasteiger partial charge in [-0.2, -0.15) is 0 Å². The molecular formula is C24H25ClFN3O2. The Labute approximate surface area is 186 Å². The van der Waals surface area contributed by atoms with E-state index in [0.29, 0.717) is 35.3 Å². The van der Waals surface area contributed by atoms with Crippen LogP contribution < -0.4 is 5.32 Å². The molecule has 7 heteroatoms. The Hall–Kier alpha value is -2.70. The molecule has 2 heterocycles. The third kappa shape index (κ3) is 5.32. The molecule has 1 amide bonds. The third-order valence-corrected chi connectivity index (χ3v) is 5.96. The number of halogens is 2. The summed E-state index contributed by atoms with van der Waals surface area (Å²) in [6.07, 6.45) is 1.59. The second-order valence-corrected chi connectivity index (χ2v) is 8.33. The number of hydrogen-bond donors (Lipinski definition) is 1. The highest BCUT2D eigenvalue weighted by atomic mass is 35.5. The maximum Gasteiger partial charge on any atom is 0.229 e. The fourth-order valence-electron chi connectivity index (χ4n) is 3.83. The molecule has 0 saturated carbocycles. The van der Waals surface area contributed by atoms with Gasteiger partial charge in [-0.15, -0.1) is 0 Å². The minimum atomic E-state index is -0.347. The van der Waals surface area contributed by atoms with Crippen molar-refractivity contribution >= 4 is 17.5 Å². The average molecular weight is 442 g/mol. The number of likely N-dealkylation sites (tertiary alicyclic amines) is 1. The smallest absolute Gasteiger partial charge is 0.229 e. The maximum atomic E-state index is 14.0. The van der Waals surface area contributed by atoms with Crippen LogP contribution in [0.5, 0.6) is 0 Å². The summed E-state index contributed by atoms with van der Waals surface area (Å²) in [7, 11) is 0. The van der Waals surface area contributed by atoms with Crippen LogP contribution >= 0.6 is 11.6 Å². The van der Waals surface area contributed by atoms with Crippen LogP contribution in [0, 0.1) is 18.7 Å². The van der Waals surface area contributed by atoms with Crippen LogP contribution in [-0.2, 0) is 17.9 Å². The van der Waals surface area contributed by atoms with Crippen LogP contribution in [0.1, 0.15) is 29.9 Å². The Kier molecular flexibility index (Phi) is 6.68. The monoisotopic (exact) mass is 441 g/mol. The van der Waals surface area contributed by atoms with Crippen LogP contribution in [0.2, 0.25) is 5.02 Å². The third-order valence-electron chi connectivity index (χ3n) is 5.71. The van der Waals surface area contributed by atoms with Crippen molar-refractivity contribution in [2.45, 2.75) is 32.9 Å². The number of hydrogen-bond acceptors (Lipinski definition) is 4. The molecule has 1 saturated heterocycles. The van der Waals surface area contributed by atoms with E-state index in [-0.39, 0.29) is 17.6 Å². The van der Waals surface area contributed by atoms with Crippen molar-refractivity contribution in [1.29, 1.82) is 0 Å². The fraction of sp³-hybridized carbons (Fsp3) is 0.333. The number of piperidine rings is 1. The van der Waals surface area contributed by atoms with Gasteiger partial charge in [-0.3, -0.25) is 9.69 Å². The van der Waals surface area contributed by atoms with E-state index in [1.54, 1.807) is 18.2 Å². The first-order valence-electron chi connectivity index (χ1n) is 10.5. The van der Waals surface area contributed by atoms with E-state index >= 15 is 0 Å². The summed E-state index contributed by atoms with van der Waals surface area (Å²) < 4.78 is 19.7. The van der Waals surface area contributed by atoms with Gasteiger partial charge in [-0.05, 0) is 62.7 Å². The fourth-order valence-corrected chi connectivity index (χ4v) is 3.95. The lowest BCUT2D eigenvalue weighted by atomic mass is 9.95. The Morgan fingerprint density at radius 2 is 1.90 bits per heavy atom. The molecule has 0 spiro atoms. The van der Waals surface area contributed by atoms with Crippen LogP contribution in [0.15, 0.2) is 52.9 Å². The highest BCUT2D eigenvalue weighted by molar-refractivity contribution is 6.30. The first-order valence-corrected chi connectivity index (χ1v) is 10.8. The number of carbonyl (C=O) groups is 1. The molecule has 5 nitrogen and oxygen atoms in total. The summed E-state index contributed by atoms with van der Waals surface area (Å²) in [5, 5.41) is 3.71. The lowest BCUT2D eigenvalue weighted by Crippen LogP contribution is -2.40. The van der Waals surface area contributed by atoms with E-state index in [1.165, 1.54) is 6.07 Å². The lowest BCUT2D eigenvalue weighted by Gasteiger charge is -2.30. The molecular weight excluding hydrogens is 417 g/mol. The molecule has 2 aromatic carbocycles. The zero-order valence-electron chi connectivity index (χ0n) is 17.4. The summed E-state index contributed by atoms with van der Waals surface area (Å²) in [4.78, 5) is 19.3. The second-order valence-electron chi connectivity index (χ2n) is 7.90. The molecule has 0 aliphatic carbocycles. The van der Waals surface area contributed by atoms with Gasteiger partial charge >= 0.3 is 0 Å². The van der Waals surface area contributed by atoms with Gasteiger partial charge in [0.25, 0.3) is 0 Å². The number of nitrogens with one attached hydrogen (secondary N) is 1. The van der Waals surface area contributed by atoms with Crippen molar-refractivity contribution in [3.05, 3.63) is 76.4 Å². The van der Waals surface area contributed by atoms with E-state index in [1.807, 2.05) is 31.2 Å². The molecule has 1 aliphatic rings. The lowest BCUT2D eigenvalue weighted by molar-refractivity contribution is -0.126. The predicted octanol–water partition coefficient (Wildman–Crippen LogP) is 4.97. The van der Waals surface area contributed by atoms with Gasteiger partial charge in [0.15, 0.2) is 0 Å². The second kappa shape index (κ2) is 9.62. The van der Waals surface area contributed by atoms with Gasteiger partial charge in [0.05, 0.1) is 11.3 Å². The Balaban J connectivity index is 1.29. The Morgan fingerprint density at radius 1 is 1.19 bits per heavy atom. The zero-order chi connectivity index (χ0) is 21.8. The minimum absolute atomic E-state index is 0.0101. The Morgan fingerprint density at radius 3 is 2.61 bits per heavy atom. The number of benzene rings is 2. The van der Waals surface area contributed by atoms with E-state index in [0.717, 1.165) is 37.2 Å². The predicted molar refractivity (Wildman–Crippen MR) is 118 cm³/mol. The maximum absolute atomic E-state index is 14.0. The molecule has 4 rings (SSSR count). The van der Waals surface area contributed by atoms with Crippen molar-refractivity contribution < 1.29 is 13.6 Å². The highest BCUT2D eigenvalue weighted by Crippen LogP contribution is 2.26. The largest absolute Gasteiger partial charge is 0.441 e. The van der Waals surface area contributed by atoms with Gasteiger partial charge < -0.3 is 9.73 Å². The van der Waals surface area contributed by atoms with E-state index < -0.39 is 0 Å². The molecule has 0 bridgehead atoms. The standard InChI is InChI=1S/C24H25ClFN3O2/c1-16-22(28-24(31-16)20-4-2-3-5-21(20)26)15-29-12-10-18(11-13-29)23(30)27-14-17-6-8-19(25)9-7-17/h2-9,18H,10-15H2,1H3,(H,27,30). The number of aryl methyl sites for hydroxylation is 1. The SMILES string of the molecule is Cc1oc(-c2ccccc2F)nc1CN1CCC(C(=O)NCc2ccc(Cl)cc2)CC1. The summed E-state index contributed by atoms with van der Waals surface area (Å²) in [5.74, 6) is 0.758. The average Bonchev–Trinajstić information content (AvgIpc) is 3.14. The molecule has 31 heavy (non-hydrogen) atoms. The number of amides is 1. The van der Waals surface area contributed by atoms with Crippen molar-refractivity contribution in [1.82, 2.24) is 15.2 Å². The van der Waals surface area contributed by atoms with Crippen LogP contribution in [-0.4, -0.2) is 28.9 Å². The van der Waals surface area contributed by atoms with E-state index in [2.05, 4.69) is 15.2 Å². The molecule has 1 fully saturated rings. The zero-order valence-corrected chi connectivity index (χ0v) is 18.2. The first-order chi connectivity index (χ1) is 15.0. The summed E-state index contributed by atoms with van der Waals surface area (Å²) >= 11 is 5.90. The molecule has 1 aromatic heterocycles.